The van der Waals surface area contributed by atoms with Crippen LogP contribution in [0.25, 0.3) is 15.3 Å². The molecule has 1 atom stereocenters. The van der Waals surface area contributed by atoms with Crippen LogP contribution in [0.2, 0.25) is 0 Å². The van der Waals surface area contributed by atoms with Gasteiger partial charge in [-0.25, -0.2) is 13.4 Å². The Hall–Kier alpha value is -3.48. The number of fused-ring (bicyclic) bond motifs is 1. The van der Waals surface area contributed by atoms with Crippen LogP contribution in [0.5, 0.6) is 11.5 Å². The molecule has 0 saturated carbocycles. The quantitative estimate of drug-likeness (QED) is 0.390. The molecule has 10 nitrogen and oxygen atoms in total. The summed E-state index contributed by atoms with van der Waals surface area (Å²) in [5.74, 6) is 1.30. The number of nitrogens with one attached hydrogen (secondary N) is 1. The summed E-state index contributed by atoms with van der Waals surface area (Å²) in [6.07, 6.45) is 1.01. The van der Waals surface area contributed by atoms with Gasteiger partial charge >= 0.3 is 0 Å². The normalized spacial score (nSPS) is 16.4. The average molecular weight is 528 g/mol. The molecule has 3 heterocycles. The molecule has 0 radical (unpaired) electrons. The monoisotopic (exact) mass is 527 g/mol. The van der Waals surface area contributed by atoms with Gasteiger partial charge in [-0.3, -0.25) is 4.79 Å². The number of hydrogen-bond acceptors (Lipinski definition) is 8. The number of thiazole rings is 1. The molecule has 2 aromatic heterocycles. The first kappa shape index (κ1) is 24.2. The number of rotatable bonds is 7. The van der Waals surface area contributed by atoms with Crippen LogP contribution < -0.4 is 14.8 Å². The van der Waals surface area contributed by atoms with Gasteiger partial charge < -0.3 is 14.8 Å². The number of aromatic nitrogens is 3. The van der Waals surface area contributed by atoms with Crippen molar-refractivity contribution in [2.75, 3.05) is 26.1 Å². The lowest BCUT2D eigenvalue weighted by molar-refractivity contribution is -0.119. The van der Waals surface area contributed by atoms with Gasteiger partial charge in [-0.05, 0) is 62.2 Å². The van der Waals surface area contributed by atoms with E-state index in [4.69, 9.17) is 9.47 Å². The highest BCUT2D eigenvalue weighted by molar-refractivity contribution is 7.89. The molecule has 0 aliphatic carbocycles. The number of ether oxygens (including phenoxy) is 2. The molecule has 5 rings (SSSR count). The number of carbonyl (C=O) groups excluding carboxylic acids is 1. The van der Waals surface area contributed by atoms with Crippen LogP contribution in [0, 0.1) is 6.92 Å². The molecule has 1 saturated heterocycles. The standard InChI is InChI=1S/C24H25N5O5S2/c1-15-13-22(29(27-15)24-25-19-11-8-17(34-3)14-21(19)35-24)26-23(30)20-5-4-12-28(20)36(31,32)18-9-6-16(33-2)7-10-18/h6-11,13-14,20H,4-5,12H2,1-3H3,(H,26,30). The molecule has 2 aromatic carbocycles. The molecule has 1 amide bonds. The van der Waals surface area contributed by atoms with Gasteiger partial charge in [0.2, 0.25) is 21.1 Å². The van der Waals surface area contributed by atoms with Gasteiger partial charge in [0.1, 0.15) is 23.4 Å². The fourth-order valence-corrected chi connectivity index (χ4v) is 6.84. The Morgan fingerprint density at radius 2 is 1.81 bits per heavy atom. The van der Waals surface area contributed by atoms with Gasteiger partial charge in [0.15, 0.2) is 0 Å². The van der Waals surface area contributed by atoms with Crippen molar-refractivity contribution in [2.24, 2.45) is 0 Å². The van der Waals surface area contributed by atoms with E-state index >= 15 is 0 Å². The molecule has 0 spiro atoms. The molecule has 36 heavy (non-hydrogen) atoms. The van der Waals surface area contributed by atoms with Crippen molar-refractivity contribution >= 4 is 43.3 Å². The van der Waals surface area contributed by atoms with E-state index in [-0.39, 0.29) is 11.4 Å². The summed E-state index contributed by atoms with van der Waals surface area (Å²) in [7, 11) is -0.737. The van der Waals surface area contributed by atoms with Gasteiger partial charge in [-0.1, -0.05) is 11.3 Å². The maximum absolute atomic E-state index is 13.3. The number of sulfonamides is 1. The number of benzene rings is 2. The predicted octanol–water partition coefficient (Wildman–Crippen LogP) is 3.60. The fourth-order valence-electron chi connectivity index (χ4n) is 4.23. The van der Waals surface area contributed by atoms with Crippen molar-refractivity contribution < 1.29 is 22.7 Å². The maximum Gasteiger partial charge on any atom is 0.243 e. The molecule has 1 fully saturated rings. The third kappa shape index (κ3) is 4.43. The van der Waals surface area contributed by atoms with Crippen LogP contribution in [0.15, 0.2) is 53.4 Å². The average Bonchev–Trinajstić information content (AvgIpc) is 3.61. The minimum atomic E-state index is -3.86. The third-order valence-electron chi connectivity index (χ3n) is 6.02. The number of nitrogens with zero attached hydrogens (tertiary/aromatic N) is 4. The predicted molar refractivity (Wildman–Crippen MR) is 137 cm³/mol. The largest absolute Gasteiger partial charge is 0.497 e. The lowest BCUT2D eigenvalue weighted by Gasteiger charge is -2.23. The zero-order valence-electron chi connectivity index (χ0n) is 20.0. The van der Waals surface area contributed by atoms with E-state index in [0.29, 0.717) is 35.2 Å². The Kier molecular flexibility index (Phi) is 6.41. The molecule has 4 aromatic rings. The Balaban J connectivity index is 1.41. The summed E-state index contributed by atoms with van der Waals surface area (Å²) in [5.41, 5.74) is 1.48. The van der Waals surface area contributed by atoms with Crippen molar-refractivity contribution in [2.45, 2.75) is 30.7 Å². The van der Waals surface area contributed by atoms with Gasteiger partial charge in [-0.2, -0.15) is 14.1 Å². The summed E-state index contributed by atoms with van der Waals surface area (Å²) in [6.45, 7) is 2.09. The molecule has 1 aliphatic heterocycles. The van der Waals surface area contributed by atoms with E-state index in [1.54, 1.807) is 30.0 Å². The van der Waals surface area contributed by atoms with Gasteiger partial charge in [0, 0.05) is 12.6 Å². The molecule has 0 bridgehead atoms. The molecule has 1 N–H and O–H groups in total. The van der Waals surface area contributed by atoms with E-state index in [0.717, 1.165) is 16.0 Å². The summed E-state index contributed by atoms with van der Waals surface area (Å²) in [4.78, 5) is 18.1. The van der Waals surface area contributed by atoms with Crippen LogP contribution in [-0.4, -0.2) is 60.2 Å². The van der Waals surface area contributed by atoms with Crippen molar-refractivity contribution in [1.82, 2.24) is 19.1 Å². The van der Waals surface area contributed by atoms with Crippen molar-refractivity contribution in [3.63, 3.8) is 0 Å². The van der Waals surface area contributed by atoms with Gasteiger partial charge in [-0.15, -0.1) is 0 Å². The molecule has 1 aliphatic rings. The number of carbonyl (C=O) groups is 1. The van der Waals surface area contributed by atoms with Crippen LogP contribution in [0.3, 0.4) is 0 Å². The van der Waals surface area contributed by atoms with Gasteiger partial charge in [0.05, 0.1) is 35.0 Å². The number of anilines is 1. The molecular formula is C24H25N5O5S2. The number of aryl methyl sites for hydroxylation is 1. The first-order chi connectivity index (χ1) is 17.3. The fraction of sp³-hybridized carbons (Fsp3) is 0.292. The Morgan fingerprint density at radius 3 is 2.53 bits per heavy atom. The summed E-state index contributed by atoms with van der Waals surface area (Å²) in [5, 5.41) is 7.97. The first-order valence-corrected chi connectivity index (χ1v) is 13.5. The maximum atomic E-state index is 13.3. The van der Waals surface area contributed by atoms with E-state index in [1.807, 2.05) is 25.1 Å². The highest BCUT2D eigenvalue weighted by Crippen LogP contribution is 2.31. The van der Waals surface area contributed by atoms with Crippen LogP contribution >= 0.6 is 11.3 Å². The minimum Gasteiger partial charge on any atom is -0.497 e. The number of hydrogen-bond donors (Lipinski definition) is 1. The first-order valence-electron chi connectivity index (χ1n) is 11.3. The Bertz CT molecular complexity index is 1530. The van der Waals surface area contributed by atoms with E-state index < -0.39 is 22.0 Å². The summed E-state index contributed by atoms with van der Waals surface area (Å²) in [6, 6.07) is 12.7. The van der Waals surface area contributed by atoms with Gasteiger partial charge in [0.25, 0.3) is 0 Å². The summed E-state index contributed by atoms with van der Waals surface area (Å²) >= 11 is 1.41. The molecule has 1 unspecified atom stereocenters. The van der Waals surface area contributed by atoms with E-state index in [1.165, 1.54) is 34.9 Å². The minimum absolute atomic E-state index is 0.119. The van der Waals surface area contributed by atoms with Crippen LogP contribution in [-0.2, 0) is 14.8 Å². The van der Waals surface area contributed by atoms with Crippen molar-refractivity contribution in [3.05, 3.63) is 54.2 Å². The molecule has 188 valence electrons. The Labute approximate surface area is 212 Å². The number of amides is 1. The zero-order valence-corrected chi connectivity index (χ0v) is 21.6. The lowest BCUT2D eigenvalue weighted by atomic mass is 10.2. The second-order valence-electron chi connectivity index (χ2n) is 8.35. The molecular weight excluding hydrogens is 502 g/mol. The Morgan fingerprint density at radius 1 is 1.08 bits per heavy atom. The summed E-state index contributed by atoms with van der Waals surface area (Å²) < 4.78 is 40.8. The van der Waals surface area contributed by atoms with E-state index in [2.05, 4.69) is 15.4 Å². The second-order valence-corrected chi connectivity index (χ2v) is 11.3. The van der Waals surface area contributed by atoms with E-state index in [9.17, 15) is 13.2 Å². The van der Waals surface area contributed by atoms with Crippen LogP contribution in [0.1, 0.15) is 18.5 Å². The highest BCUT2D eigenvalue weighted by Gasteiger charge is 2.39. The third-order valence-corrected chi connectivity index (χ3v) is 8.94. The lowest BCUT2D eigenvalue weighted by Crippen LogP contribution is -2.43. The van der Waals surface area contributed by atoms with Crippen molar-refractivity contribution in [3.8, 4) is 16.6 Å². The number of methoxy groups -OCH3 is 2. The smallest absolute Gasteiger partial charge is 0.243 e. The molecule has 12 heteroatoms. The SMILES string of the molecule is COc1ccc(S(=O)(=O)N2CCCC2C(=O)Nc2cc(C)nn2-c2nc3ccc(OC)cc3s2)cc1. The topological polar surface area (TPSA) is 116 Å². The zero-order chi connectivity index (χ0) is 25.4. The van der Waals surface area contributed by atoms with Crippen LogP contribution in [0.4, 0.5) is 5.82 Å². The second kappa shape index (κ2) is 9.52. The van der Waals surface area contributed by atoms with Crippen molar-refractivity contribution in [1.29, 1.82) is 0 Å². The highest BCUT2D eigenvalue weighted by atomic mass is 32.2.